The molecule has 1 fully saturated rings. The molecule has 0 bridgehead atoms. The third-order valence-electron chi connectivity index (χ3n) is 4.21. The van der Waals surface area contributed by atoms with Crippen LogP contribution in [0.5, 0.6) is 0 Å². The highest BCUT2D eigenvalue weighted by Gasteiger charge is 2.37. The summed E-state index contributed by atoms with van der Waals surface area (Å²) in [6, 6.07) is 10.4. The van der Waals surface area contributed by atoms with Crippen LogP contribution in [0.2, 0.25) is 0 Å². The SMILES string of the molecule is CN(C)C(CNC(=O)C1(N)CCCC1)c1ccccc1.Cl.Cl. The lowest BCUT2D eigenvalue weighted by Gasteiger charge is -2.28. The lowest BCUT2D eigenvalue weighted by molar-refractivity contribution is -0.126. The van der Waals surface area contributed by atoms with E-state index < -0.39 is 5.54 Å². The van der Waals surface area contributed by atoms with Gasteiger partial charge in [-0.3, -0.25) is 4.79 Å². The van der Waals surface area contributed by atoms with Gasteiger partial charge in [-0.1, -0.05) is 43.2 Å². The van der Waals surface area contributed by atoms with Gasteiger partial charge in [0.05, 0.1) is 11.6 Å². The highest BCUT2D eigenvalue weighted by Crippen LogP contribution is 2.27. The smallest absolute Gasteiger partial charge is 0.240 e. The molecule has 4 nitrogen and oxygen atoms in total. The first-order valence-corrected chi connectivity index (χ1v) is 7.31. The van der Waals surface area contributed by atoms with E-state index in [9.17, 15) is 4.79 Å². The highest BCUT2D eigenvalue weighted by molar-refractivity contribution is 5.86. The normalized spacial score (nSPS) is 17.3. The Kier molecular flexibility index (Phi) is 9.01. The Balaban J connectivity index is 0.00000220. The van der Waals surface area contributed by atoms with Crippen molar-refractivity contribution < 1.29 is 4.79 Å². The molecule has 1 aromatic carbocycles. The fourth-order valence-corrected chi connectivity index (χ4v) is 2.87. The molecule has 22 heavy (non-hydrogen) atoms. The summed E-state index contributed by atoms with van der Waals surface area (Å²) in [6.07, 6.45) is 3.72. The molecule has 1 saturated carbocycles. The predicted molar refractivity (Wildman–Crippen MR) is 95.8 cm³/mol. The van der Waals surface area contributed by atoms with Gasteiger partial charge < -0.3 is 16.0 Å². The summed E-state index contributed by atoms with van der Waals surface area (Å²) in [5.74, 6) is -0.00205. The number of likely N-dealkylation sites (N-methyl/N-ethyl adjacent to an activating group) is 1. The van der Waals surface area contributed by atoms with Gasteiger partial charge in [-0.2, -0.15) is 0 Å². The van der Waals surface area contributed by atoms with Crippen LogP contribution in [-0.4, -0.2) is 37.0 Å². The average Bonchev–Trinajstić information content (AvgIpc) is 2.88. The van der Waals surface area contributed by atoms with Crippen LogP contribution in [0.4, 0.5) is 0 Å². The van der Waals surface area contributed by atoms with E-state index in [1.54, 1.807) is 0 Å². The third kappa shape index (κ3) is 5.13. The first kappa shape index (κ1) is 21.2. The summed E-state index contributed by atoms with van der Waals surface area (Å²) >= 11 is 0. The van der Waals surface area contributed by atoms with Gasteiger partial charge in [-0.15, -0.1) is 24.8 Å². The zero-order chi connectivity index (χ0) is 14.6. The molecule has 126 valence electrons. The van der Waals surface area contributed by atoms with Crippen molar-refractivity contribution in [1.82, 2.24) is 10.2 Å². The first-order chi connectivity index (χ1) is 9.53. The van der Waals surface area contributed by atoms with Gasteiger partial charge >= 0.3 is 0 Å². The van der Waals surface area contributed by atoms with E-state index in [1.807, 2.05) is 32.3 Å². The Hall–Kier alpha value is -0.810. The van der Waals surface area contributed by atoms with Crippen molar-refractivity contribution in [1.29, 1.82) is 0 Å². The van der Waals surface area contributed by atoms with Gasteiger partial charge in [0.2, 0.25) is 5.91 Å². The van der Waals surface area contributed by atoms with Crippen LogP contribution in [0.1, 0.15) is 37.3 Å². The van der Waals surface area contributed by atoms with Gasteiger partial charge in [0.15, 0.2) is 0 Å². The van der Waals surface area contributed by atoms with Crippen molar-refractivity contribution in [2.24, 2.45) is 5.73 Å². The van der Waals surface area contributed by atoms with Crippen LogP contribution >= 0.6 is 24.8 Å². The molecule has 1 aromatic rings. The van der Waals surface area contributed by atoms with Gasteiger partial charge in [-0.25, -0.2) is 0 Å². The molecular weight excluding hydrogens is 321 g/mol. The van der Waals surface area contributed by atoms with Crippen LogP contribution in [0, 0.1) is 0 Å². The van der Waals surface area contributed by atoms with Gasteiger partial charge in [0.1, 0.15) is 0 Å². The quantitative estimate of drug-likeness (QED) is 0.860. The van der Waals surface area contributed by atoms with Gasteiger partial charge in [-0.05, 0) is 32.5 Å². The molecule has 0 spiro atoms. The monoisotopic (exact) mass is 347 g/mol. The van der Waals surface area contributed by atoms with E-state index in [1.165, 1.54) is 5.56 Å². The number of benzene rings is 1. The minimum absolute atomic E-state index is 0. The Labute approximate surface area is 145 Å². The van der Waals surface area contributed by atoms with E-state index >= 15 is 0 Å². The molecule has 0 aromatic heterocycles. The second-order valence-electron chi connectivity index (χ2n) is 5.96. The highest BCUT2D eigenvalue weighted by atomic mass is 35.5. The van der Waals surface area contributed by atoms with Crippen molar-refractivity contribution in [3.63, 3.8) is 0 Å². The fraction of sp³-hybridized carbons (Fsp3) is 0.562. The van der Waals surface area contributed by atoms with Gasteiger partial charge in [0, 0.05) is 6.54 Å². The van der Waals surface area contributed by atoms with Crippen LogP contribution < -0.4 is 11.1 Å². The van der Waals surface area contributed by atoms with Crippen LogP contribution in [0.3, 0.4) is 0 Å². The first-order valence-electron chi connectivity index (χ1n) is 7.31. The molecule has 2 rings (SSSR count). The number of hydrogen-bond donors (Lipinski definition) is 2. The summed E-state index contributed by atoms with van der Waals surface area (Å²) in [5.41, 5.74) is 6.74. The van der Waals surface area contributed by atoms with Crippen molar-refractivity contribution >= 4 is 30.7 Å². The molecule has 0 heterocycles. The molecular formula is C16H27Cl2N3O. The molecule has 1 unspecified atom stereocenters. The summed E-state index contributed by atoms with van der Waals surface area (Å²) in [7, 11) is 4.05. The Morgan fingerprint density at radius 3 is 2.27 bits per heavy atom. The van der Waals surface area contributed by atoms with Gasteiger partial charge in [0.25, 0.3) is 0 Å². The maximum atomic E-state index is 12.3. The van der Waals surface area contributed by atoms with Crippen molar-refractivity contribution in [3.8, 4) is 0 Å². The summed E-state index contributed by atoms with van der Waals surface area (Å²) in [4.78, 5) is 14.4. The standard InChI is InChI=1S/C16H25N3O.2ClH/c1-19(2)14(13-8-4-3-5-9-13)12-18-15(20)16(17)10-6-7-11-16;;/h3-5,8-9,14H,6-7,10-12,17H2,1-2H3,(H,18,20);2*1H. The second-order valence-corrected chi connectivity index (χ2v) is 5.96. The van der Waals surface area contributed by atoms with Crippen LogP contribution in [0.15, 0.2) is 30.3 Å². The number of halogens is 2. The maximum absolute atomic E-state index is 12.3. The minimum atomic E-state index is -0.645. The largest absolute Gasteiger partial charge is 0.353 e. The average molecular weight is 348 g/mol. The van der Waals surface area contributed by atoms with Crippen molar-refractivity contribution in [2.75, 3.05) is 20.6 Å². The molecule has 0 radical (unpaired) electrons. The van der Waals surface area contributed by atoms with Crippen LogP contribution in [0.25, 0.3) is 0 Å². The summed E-state index contributed by atoms with van der Waals surface area (Å²) < 4.78 is 0. The second kappa shape index (κ2) is 9.36. The molecule has 0 aliphatic heterocycles. The number of nitrogens with one attached hydrogen (secondary N) is 1. The molecule has 3 N–H and O–H groups in total. The lowest BCUT2D eigenvalue weighted by atomic mass is 9.97. The third-order valence-corrected chi connectivity index (χ3v) is 4.21. The van der Waals surface area contributed by atoms with Crippen molar-refractivity contribution in [3.05, 3.63) is 35.9 Å². The Morgan fingerprint density at radius 1 is 1.23 bits per heavy atom. The molecule has 1 atom stereocenters. The minimum Gasteiger partial charge on any atom is -0.353 e. The number of nitrogens with zero attached hydrogens (tertiary/aromatic N) is 1. The molecule has 1 aliphatic carbocycles. The topological polar surface area (TPSA) is 58.4 Å². The summed E-state index contributed by atoms with van der Waals surface area (Å²) in [5, 5.41) is 3.04. The van der Waals surface area contributed by atoms with E-state index in [0.29, 0.717) is 6.54 Å². The number of carbonyl (C=O) groups is 1. The van der Waals surface area contributed by atoms with E-state index in [2.05, 4.69) is 22.3 Å². The van der Waals surface area contributed by atoms with Crippen molar-refractivity contribution in [2.45, 2.75) is 37.3 Å². The number of hydrogen-bond acceptors (Lipinski definition) is 3. The number of nitrogens with two attached hydrogens (primary N) is 1. The van der Waals surface area contributed by atoms with E-state index in [-0.39, 0.29) is 36.8 Å². The predicted octanol–water partition coefficient (Wildman–Crippen LogP) is 2.52. The maximum Gasteiger partial charge on any atom is 0.240 e. The molecule has 1 amide bonds. The number of carbonyl (C=O) groups excluding carboxylic acids is 1. The summed E-state index contributed by atoms with van der Waals surface area (Å²) in [6.45, 7) is 0.592. The Morgan fingerprint density at radius 2 is 1.77 bits per heavy atom. The molecule has 6 heteroatoms. The van der Waals surface area contributed by atoms with Crippen LogP contribution in [-0.2, 0) is 4.79 Å². The zero-order valence-corrected chi connectivity index (χ0v) is 14.9. The Bertz CT molecular complexity index is 448. The zero-order valence-electron chi connectivity index (χ0n) is 13.2. The number of rotatable bonds is 5. The number of amides is 1. The lowest BCUT2D eigenvalue weighted by Crippen LogP contribution is -2.53. The molecule has 0 saturated heterocycles. The van der Waals surface area contributed by atoms with E-state index in [4.69, 9.17) is 5.73 Å². The van der Waals surface area contributed by atoms with E-state index in [0.717, 1.165) is 25.7 Å². The fourth-order valence-electron chi connectivity index (χ4n) is 2.87. The molecule has 1 aliphatic rings.